The zero-order valence-corrected chi connectivity index (χ0v) is 8.91. The summed E-state index contributed by atoms with van der Waals surface area (Å²) >= 11 is 0. The maximum absolute atomic E-state index is 11.4. The standard InChI is InChI=1S/C9H17N3O3/c1-5(8(14)12-10-2)11-9(15)7(13)6-3-4-6/h5-7,10,13H,3-4H2,1-2H3,(H,11,15)(H,12,14)/t5-,7-/m0/s1. The highest BCUT2D eigenvalue weighted by Crippen LogP contribution is 2.32. The van der Waals surface area contributed by atoms with Gasteiger partial charge in [-0.2, -0.15) is 0 Å². The molecule has 0 spiro atoms. The van der Waals surface area contributed by atoms with Crippen molar-refractivity contribution in [3.8, 4) is 0 Å². The van der Waals surface area contributed by atoms with Crippen molar-refractivity contribution in [2.24, 2.45) is 5.92 Å². The molecule has 2 atom stereocenters. The fourth-order valence-electron chi connectivity index (χ4n) is 1.22. The molecular formula is C9H17N3O3. The van der Waals surface area contributed by atoms with E-state index in [4.69, 9.17) is 0 Å². The van der Waals surface area contributed by atoms with Crippen LogP contribution < -0.4 is 16.2 Å². The van der Waals surface area contributed by atoms with E-state index < -0.39 is 18.1 Å². The maximum atomic E-state index is 11.4. The molecule has 1 fully saturated rings. The van der Waals surface area contributed by atoms with Crippen molar-refractivity contribution < 1.29 is 14.7 Å². The van der Waals surface area contributed by atoms with E-state index in [0.29, 0.717) is 0 Å². The molecule has 6 nitrogen and oxygen atoms in total. The lowest BCUT2D eigenvalue weighted by atomic mass is 10.2. The number of aliphatic hydroxyl groups is 1. The first-order chi connectivity index (χ1) is 7.06. The van der Waals surface area contributed by atoms with E-state index in [1.807, 2.05) is 0 Å². The van der Waals surface area contributed by atoms with E-state index in [-0.39, 0.29) is 11.8 Å². The lowest BCUT2D eigenvalue weighted by Crippen LogP contribution is -2.50. The molecule has 1 rings (SSSR count). The van der Waals surface area contributed by atoms with E-state index in [9.17, 15) is 14.7 Å². The number of hydrazine groups is 1. The van der Waals surface area contributed by atoms with Gasteiger partial charge in [-0.25, -0.2) is 5.43 Å². The molecule has 0 aromatic heterocycles. The molecule has 0 aromatic rings. The van der Waals surface area contributed by atoms with Gasteiger partial charge in [0, 0.05) is 7.05 Å². The molecule has 1 aliphatic carbocycles. The monoisotopic (exact) mass is 215 g/mol. The van der Waals surface area contributed by atoms with Crippen LogP contribution in [0.4, 0.5) is 0 Å². The summed E-state index contributed by atoms with van der Waals surface area (Å²) in [4.78, 5) is 22.6. The Kier molecular flexibility index (Phi) is 4.05. The molecule has 86 valence electrons. The number of nitrogens with one attached hydrogen (secondary N) is 3. The molecule has 1 aliphatic rings. The Balaban J connectivity index is 2.32. The third-order valence-corrected chi connectivity index (χ3v) is 2.34. The summed E-state index contributed by atoms with van der Waals surface area (Å²) < 4.78 is 0. The average Bonchev–Trinajstić information content (AvgIpc) is 3.00. The van der Waals surface area contributed by atoms with E-state index in [2.05, 4.69) is 16.2 Å². The van der Waals surface area contributed by atoms with E-state index in [1.165, 1.54) is 0 Å². The van der Waals surface area contributed by atoms with Gasteiger partial charge < -0.3 is 10.4 Å². The van der Waals surface area contributed by atoms with Crippen molar-refractivity contribution in [2.45, 2.75) is 31.9 Å². The van der Waals surface area contributed by atoms with Crippen molar-refractivity contribution in [2.75, 3.05) is 7.05 Å². The van der Waals surface area contributed by atoms with Crippen molar-refractivity contribution in [1.29, 1.82) is 0 Å². The number of carbonyl (C=O) groups excluding carboxylic acids is 2. The molecule has 2 amide bonds. The van der Waals surface area contributed by atoms with Crippen LogP contribution in [0.3, 0.4) is 0 Å². The highest BCUT2D eigenvalue weighted by Gasteiger charge is 2.35. The Labute approximate surface area is 88.4 Å². The molecule has 0 unspecified atom stereocenters. The number of amides is 2. The third-order valence-electron chi connectivity index (χ3n) is 2.34. The summed E-state index contributed by atoms with van der Waals surface area (Å²) in [6.07, 6.45) is 0.784. The van der Waals surface area contributed by atoms with E-state index >= 15 is 0 Å². The molecule has 0 aliphatic heterocycles. The van der Waals surface area contributed by atoms with Gasteiger partial charge in [0.1, 0.15) is 12.1 Å². The minimum atomic E-state index is -0.977. The van der Waals surface area contributed by atoms with Gasteiger partial charge >= 0.3 is 0 Å². The molecule has 1 saturated carbocycles. The van der Waals surface area contributed by atoms with Gasteiger partial charge in [0.15, 0.2) is 0 Å². The predicted molar refractivity (Wildman–Crippen MR) is 53.5 cm³/mol. The topological polar surface area (TPSA) is 90.5 Å². The minimum Gasteiger partial charge on any atom is -0.383 e. The summed E-state index contributed by atoms with van der Waals surface area (Å²) in [5.41, 5.74) is 4.82. The molecule has 6 heteroatoms. The normalized spacial score (nSPS) is 19.1. The number of rotatable bonds is 5. The van der Waals surface area contributed by atoms with Crippen LogP contribution in [0.2, 0.25) is 0 Å². The summed E-state index contributed by atoms with van der Waals surface area (Å²) in [6, 6.07) is -0.654. The average molecular weight is 215 g/mol. The smallest absolute Gasteiger partial charge is 0.256 e. The maximum Gasteiger partial charge on any atom is 0.256 e. The van der Waals surface area contributed by atoms with Crippen molar-refractivity contribution in [3.05, 3.63) is 0 Å². The Morgan fingerprint density at radius 1 is 1.33 bits per heavy atom. The van der Waals surface area contributed by atoms with Crippen LogP contribution in [0.1, 0.15) is 19.8 Å². The number of carbonyl (C=O) groups is 2. The summed E-state index contributed by atoms with van der Waals surface area (Å²) in [5.74, 6) is -0.741. The lowest BCUT2D eigenvalue weighted by molar-refractivity contribution is -0.134. The van der Waals surface area contributed by atoms with Gasteiger partial charge in [-0.1, -0.05) is 0 Å². The van der Waals surface area contributed by atoms with Crippen LogP contribution in [0, 0.1) is 5.92 Å². The molecule has 15 heavy (non-hydrogen) atoms. The highest BCUT2D eigenvalue weighted by atomic mass is 16.3. The summed E-state index contributed by atoms with van der Waals surface area (Å²) in [5, 5.41) is 11.9. The van der Waals surface area contributed by atoms with Crippen molar-refractivity contribution in [3.63, 3.8) is 0 Å². The van der Waals surface area contributed by atoms with Crippen LogP contribution in [0.5, 0.6) is 0 Å². The van der Waals surface area contributed by atoms with Gasteiger partial charge in [0.05, 0.1) is 0 Å². The SMILES string of the molecule is CNNC(=O)[C@H](C)NC(=O)[C@@H](O)C1CC1. The fourth-order valence-corrected chi connectivity index (χ4v) is 1.22. The second-order valence-electron chi connectivity index (χ2n) is 3.75. The quantitative estimate of drug-likeness (QED) is 0.421. The van der Waals surface area contributed by atoms with Crippen LogP contribution in [-0.2, 0) is 9.59 Å². The van der Waals surface area contributed by atoms with Crippen LogP contribution in [0.15, 0.2) is 0 Å². The number of aliphatic hydroxyl groups excluding tert-OH is 1. The first-order valence-corrected chi connectivity index (χ1v) is 5.01. The third kappa shape index (κ3) is 3.49. The van der Waals surface area contributed by atoms with Crippen molar-refractivity contribution >= 4 is 11.8 Å². The first-order valence-electron chi connectivity index (χ1n) is 5.01. The second-order valence-corrected chi connectivity index (χ2v) is 3.75. The van der Waals surface area contributed by atoms with Gasteiger partial charge in [-0.05, 0) is 25.7 Å². The van der Waals surface area contributed by atoms with E-state index in [1.54, 1.807) is 14.0 Å². The van der Waals surface area contributed by atoms with Gasteiger partial charge in [0.25, 0.3) is 5.91 Å². The molecule has 0 heterocycles. The van der Waals surface area contributed by atoms with Crippen LogP contribution in [0.25, 0.3) is 0 Å². The lowest BCUT2D eigenvalue weighted by Gasteiger charge is -2.15. The second kappa shape index (κ2) is 5.09. The zero-order valence-electron chi connectivity index (χ0n) is 8.91. The zero-order chi connectivity index (χ0) is 11.4. The number of hydrogen-bond acceptors (Lipinski definition) is 4. The Morgan fingerprint density at radius 3 is 2.40 bits per heavy atom. The molecule has 0 saturated heterocycles. The molecule has 0 bridgehead atoms. The van der Waals surface area contributed by atoms with Crippen LogP contribution >= 0.6 is 0 Å². The number of hydrogen-bond donors (Lipinski definition) is 4. The van der Waals surface area contributed by atoms with Crippen LogP contribution in [-0.4, -0.2) is 36.1 Å². The van der Waals surface area contributed by atoms with E-state index in [0.717, 1.165) is 12.8 Å². The molecule has 0 radical (unpaired) electrons. The first kappa shape index (κ1) is 11.9. The fraction of sp³-hybridized carbons (Fsp3) is 0.778. The summed E-state index contributed by atoms with van der Waals surface area (Å²) in [7, 11) is 1.56. The Hall–Kier alpha value is -1.14. The minimum absolute atomic E-state index is 0.0737. The van der Waals surface area contributed by atoms with Gasteiger partial charge in [-0.3, -0.25) is 15.0 Å². The molecular weight excluding hydrogens is 198 g/mol. The highest BCUT2D eigenvalue weighted by molar-refractivity contribution is 5.88. The Bertz CT molecular complexity index is 253. The van der Waals surface area contributed by atoms with Gasteiger partial charge in [0.2, 0.25) is 5.91 Å². The molecule has 4 N–H and O–H groups in total. The van der Waals surface area contributed by atoms with Crippen molar-refractivity contribution in [1.82, 2.24) is 16.2 Å². The summed E-state index contributed by atoms with van der Waals surface area (Å²) in [6.45, 7) is 1.56. The largest absolute Gasteiger partial charge is 0.383 e. The van der Waals surface area contributed by atoms with Gasteiger partial charge in [-0.15, -0.1) is 0 Å². The predicted octanol–water partition coefficient (Wildman–Crippen LogP) is -1.49. The molecule has 0 aromatic carbocycles. The Morgan fingerprint density at radius 2 is 1.93 bits per heavy atom.